The predicted molar refractivity (Wildman–Crippen MR) is 153 cm³/mol. The Labute approximate surface area is 237 Å². The maximum absolute atomic E-state index is 13.1. The van der Waals surface area contributed by atoms with Crippen molar-refractivity contribution in [2.24, 2.45) is 16.3 Å². The smallest absolute Gasteiger partial charge is 0.251 e. The third kappa shape index (κ3) is 7.38. The van der Waals surface area contributed by atoms with Crippen LogP contribution in [0.15, 0.2) is 71.2 Å². The average molecular weight is 564 g/mol. The zero-order valence-corrected chi connectivity index (χ0v) is 23.5. The van der Waals surface area contributed by atoms with Gasteiger partial charge in [-0.15, -0.1) is 11.3 Å². The lowest BCUT2D eigenvalue weighted by molar-refractivity contribution is -0.137. The van der Waals surface area contributed by atoms with Gasteiger partial charge in [0.25, 0.3) is 5.91 Å². The summed E-state index contributed by atoms with van der Waals surface area (Å²) in [6.45, 7) is 4.53. The molecule has 2 aromatic carbocycles. The van der Waals surface area contributed by atoms with Gasteiger partial charge in [-0.05, 0) is 54.3 Å². The van der Waals surface area contributed by atoms with E-state index in [1.165, 1.54) is 18.4 Å². The SMILES string of the molecule is CO/N=C(\N)c1csc(CNC(=O)[C@@H]2CC(C)(C)CN2C(=O)CNC(=O)c2ccc(Oc3ccccc3)cc2)c1. The number of hydrogen-bond donors (Lipinski definition) is 3. The van der Waals surface area contributed by atoms with Crippen molar-refractivity contribution < 1.29 is 24.0 Å². The van der Waals surface area contributed by atoms with E-state index < -0.39 is 6.04 Å². The molecule has 1 fully saturated rings. The Morgan fingerprint density at radius 3 is 2.45 bits per heavy atom. The zero-order chi connectivity index (χ0) is 28.7. The largest absolute Gasteiger partial charge is 0.457 e. The zero-order valence-electron chi connectivity index (χ0n) is 22.7. The number of thiophene rings is 1. The summed E-state index contributed by atoms with van der Waals surface area (Å²) in [5.74, 6) is 0.599. The molecule has 0 saturated carbocycles. The fraction of sp³-hybridized carbons (Fsp3) is 0.310. The highest BCUT2D eigenvalue weighted by molar-refractivity contribution is 7.10. The number of nitrogens with two attached hydrogens (primary N) is 1. The average Bonchev–Trinajstić information content (AvgIpc) is 3.55. The molecule has 10 nitrogen and oxygen atoms in total. The number of para-hydroxylation sites is 1. The van der Waals surface area contributed by atoms with Crippen molar-refractivity contribution in [3.05, 3.63) is 82.0 Å². The second kappa shape index (κ2) is 12.6. The van der Waals surface area contributed by atoms with E-state index in [2.05, 4.69) is 15.8 Å². The van der Waals surface area contributed by atoms with Crippen LogP contribution >= 0.6 is 11.3 Å². The number of oxime groups is 1. The van der Waals surface area contributed by atoms with Gasteiger partial charge in [0, 0.05) is 27.9 Å². The molecule has 4 rings (SSSR count). The second-order valence-electron chi connectivity index (χ2n) is 10.2. The van der Waals surface area contributed by atoms with E-state index in [0.717, 1.165) is 4.88 Å². The van der Waals surface area contributed by atoms with Crippen LogP contribution in [0.2, 0.25) is 0 Å². The van der Waals surface area contributed by atoms with Crippen LogP contribution in [-0.4, -0.2) is 54.7 Å². The van der Waals surface area contributed by atoms with Crippen molar-refractivity contribution in [3.63, 3.8) is 0 Å². The summed E-state index contributed by atoms with van der Waals surface area (Å²) in [7, 11) is 1.42. The molecule has 2 heterocycles. The van der Waals surface area contributed by atoms with Crippen LogP contribution in [0.25, 0.3) is 0 Å². The Kier molecular flexibility index (Phi) is 9.05. The van der Waals surface area contributed by atoms with Crippen molar-refractivity contribution >= 4 is 34.9 Å². The molecule has 4 N–H and O–H groups in total. The summed E-state index contributed by atoms with van der Waals surface area (Å²) < 4.78 is 5.76. The number of benzene rings is 2. The molecule has 210 valence electrons. The summed E-state index contributed by atoms with van der Waals surface area (Å²) in [4.78, 5) is 46.1. The number of carbonyl (C=O) groups is 3. The number of amidine groups is 1. The van der Waals surface area contributed by atoms with Gasteiger partial charge in [-0.25, -0.2) is 0 Å². The van der Waals surface area contributed by atoms with Crippen LogP contribution in [-0.2, 0) is 21.0 Å². The Hall–Kier alpha value is -4.38. The molecule has 0 spiro atoms. The van der Waals surface area contributed by atoms with E-state index in [1.807, 2.05) is 55.6 Å². The van der Waals surface area contributed by atoms with E-state index in [-0.39, 0.29) is 35.5 Å². The molecule has 11 heteroatoms. The molecule has 0 aliphatic carbocycles. The van der Waals surface area contributed by atoms with Gasteiger partial charge < -0.3 is 30.8 Å². The third-order valence-corrected chi connectivity index (χ3v) is 7.35. The van der Waals surface area contributed by atoms with Gasteiger partial charge in [0.1, 0.15) is 24.7 Å². The van der Waals surface area contributed by atoms with Crippen molar-refractivity contribution in [2.45, 2.75) is 32.9 Å². The van der Waals surface area contributed by atoms with E-state index in [4.69, 9.17) is 15.3 Å². The van der Waals surface area contributed by atoms with Gasteiger partial charge in [0.05, 0.1) is 13.1 Å². The maximum Gasteiger partial charge on any atom is 0.251 e. The minimum Gasteiger partial charge on any atom is -0.457 e. The van der Waals surface area contributed by atoms with Gasteiger partial charge in [0.15, 0.2) is 5.84 Å². The quantitative estimate of drug-likeness (QED) is 0.196. The Morgan fingerprint density at radius 1 is 1.05 bits per heavy atom. The molecule has 1 saturated heterocycles. The fourth-order valence-corrected chi connectivity index (χ4v) is 5.29. The van der Waals surface area contributed by atoms with Crippen LogP contribution in [0.5, 0.6) is 11.5 Å². The fourth-order valence-electron chi connectivity index (χ4n) is 4.47. The molecule has 3 amide bonds. The summed E-state index contributed by atoms with van der Waals surface area (Å²) in [5.41, 5.74) is 6.71. The lowest BCUT2D eigenvalue weighted by Crippen LogP contribution is -2.48. The number of amides is 3. The van der Waals surface area contributed by atoms with Gasteiger partial charge in [-0.1, -0.05) is 37.2 Å². The summed E-state index contributed by atoms with van der Waals surface area (Å²) in [5, 5.41) is 11.2. The van der Waals surface area contributed by atoms with Gasteiger partial charge in [-0.3, -0.25) is 14.4 Å². The van der Waals surface area contributed by atoms with E-state index in [9.17, 15) is 14.4 Å². The van der Waals surface area contributed by atoms with Crippen molar-refractivity contribution in [1.29, 1.82) is 0 Å². The molecule has 0 radical (unpaired) electrons. The topological polar surface area (TPSA) is 135 Å². The van der Waals surface area contributed by atoms with Gasteiger partial charge >= 0.3 is 0 Å². The molecule has 0 unspecified atom stereocenters. The third-order valence-electron chi connectivity index (χ3n) is 6.42. The highest BCUT2D eigenvalue weighted by Crippen LogP contribution is 2.34. The first kappa shape index (κ1) is 28.6. The highest BCUT2D eigenvalue weighted by Gasteiger charge is 2.43. The summed E-state index contributed by atoms with van der Waals surface area (Å²) in [6, 6.07) is 17.2. The van der Waals surface area contributed by atoms with Crippen LogP contribution in [0, 0.1) is 5.41 Å². The molecule has 1 aliphatic heterocycles. The van der Waals surface area contributed by atoms with Gasteiger partial charge in [-0.2, -0.15) is 0 Å². The standard InChI is InChI=1S/C29H33N5O5S/c1-29(2)14-24(28(37)31-15-23-13-20(17-40-23)26(30)33-38-3)34(18-29)25(35)16-32-27(36)19-9-11-22(12-10-19)39-21-7-5-4-6-8-21/h4-13,17,24H,14-16,18H2,1-3H3,(H2,30,33)(H,31,37)(H,32,36)/t24-/m0/s1. The van der Waals surface area contributed by atoms with Gasteiger partial charge in [0.2, 0.25) is 11.8 Å². The molecular weight excluding hydrogens is 530 g/mol. The monoisotopic (exact) mass is 563 g/mol. The van der Waals surface area contributed by atoms with Crippen LogP contribution in [0.3, 0.4) is 0 Å². The number of likely N-dealkylation sites (tertiary alicyclic amines) is 1. The van der Waals surface area contributed by atoms with Crippen LogP contribution in [0.1, 0.15) is 41.1 Å². The number of ether oxygens (including phenoxy) is 1. The summed E-state index contributed by atoms with van der Waals surface area (Å²) in [6.07, 6.45) is 0.518. The number of rotatable bonds is 10. The van der Waals surface area contributed by atoms with Crippen molar-refractivity contribution in [2.75, 3.05) is 20.2 Å². The number of nitrogens with one attached hydrogen (secondary N) is 2. The van der Waals surface area contributed by atoms with Crippen LogP contribution in [0.4, 0.5) is 0 Å². The van der Waals surface area contributed by atoms with Crippen molar-refractivity contribution in [3.8, 4) is 11.5 Å². The number of carbonyl (C=O) groups excluding carboxylic acids is 3. The lowest BCUT2D eigenvalue weighted by atomic mass is 9.90. The molecule has 1 atom stereocenters. The summed E-state index contributed by atoms with van der Waals surface area (Å²) >= 11 is 1.44. The molecule has 3 aromatic rings. The molecular formula is C29H33N5O5S. The Bertz CT molecular complexity index is 1370. The molecule has 1 aromatic heterocycles. The first-order valence-electron chi connectivity index (χ1n) is 12.8. The predicted octanol–water partition coefficient (Wildman–Crippen LogP) is 3.48. The van der Waals surface area contributed by atoms with Crippen LogP contribution < -0.4 is 21.1 Å². The first-order valence-corrected chi connectivity index (χ1v) is 13.7. The maximum atomic E-state index is 13.1. The van der Waals surface area contributed by atoms with E-state index in [0.29, 0.717) is 42.1 Å². The molecule has 40 heavy (non-hydrogen) atoms. The number of hydrogen-bond acceptors (Lipinski definition) is 7. The second-order valence-corrected chi connectivity index (χ2v) is 11.2. The van der Waals surface area contributed by atoms with E-state index >= 15 is 0 Å². The van der Waals surface area contributed by atoms with Crippen molar-refractivity contribution in [1.82, 2.24) is 15.5 Å². The Morgan fingerprint density at radius 2 is 1.75 bits per heavy atom. The normalized spacial score (nSPS) is 16.3. The lowest BCUT2D eigenvalue weighted by Gasteiger charge is -2.24. The Balaban J connectivity index is 1.31. The highest BCUT2D eigenvalue weighted by atomic mass is 32.1. The molecule has 0 bridgehead atoms. The minimum absolute atomic E-state index is 0.215. The first-order chi connectivity index (χ1) is 19.1. The molecule has 1 aliphatic rings. The minimum atomic E-state index is -0.631. The van der Waals surface area contributed by atoms with E-state index in [1.54, 1.807) is 29.2 Å². The number of nitrogens with zero attached hydrogens (tertiary/aromatic N) is 2.